The third-order valence-electron chi connectivity index (χ3n) is 3.12. The summed E-state index contributed by atoms with van der Waals surface area (Å²) in [6.07, 6.45) is 3.56. The van der Waals surface area contributed by atoms with Crippen molar-refractivity contribution in [3.63, 3.8) is 0 Å². The van der Waals surface area contributed by atoms with Gasteiger partial charge < -0.3 is 9.40 Å². The van der Waals surface area contributed by atoms with Gasteiger partial charge in [0.1, 0.15) is 16.4 Å². The molecule has 0 aliphatic heterocycles. The standard InChI is InChI=1S/C14H15N5O3S/c1-3-13-17-18-14(22-13)11-6-10(8-15-11)23(20,21)19-12-5-4-9(2)7-16-12/h4-8,15H,3H2,1-2H3,(H,16,19). The van der Waals surface area contributed by atoms with Crippen LogP contribution >= 0.6 is 0 Å². The molecule has 23 heavy (non-hydrogen) atoms. The second-order valence-electron chi connectivity index (χ2n) is 4.93. The fraction of sp³-hybridized carbons (Fsp3) is 0.214. The molecule has 0 aliphatic carbocycles. The number of rotatable bonds is 5. The van der Waals surface area contributed by atoms with Gasteiger partial charge in [-0.1, -0.05) is 13.0 Å². The molecule has 3 rings (SSSR count). The summed E-state index contributed by atoms with van der Waals surface area (Å²) in [5, 5.41) is 7.72. The van der Waals surface area contributed by atoms with Gasteiger partial charge in [0.05, 0.1) is 0 Å². The minimum Gasteiger partial charge on any atom is -0.419 e. The van der Waals surface area contributed by atoms with Crippen LogP contribution in [0.15, 0.2) is 39.9 Å². The maximum absolute atomic E-state index is 12.4. The molecule has 0 aliphatic rings. The van der Waals surface area contributed by atoms with Crippen molar-refractivity contribution in [1.29, 1.82) is 0 Å². The SMILES string of the molecule is CCc1nnc(-c2cc(S(=O)(=O)Nc3ccc(C)cn3)c[nH]2)o1. The predicted octanol–water partition coefficient (Wildman–Crippen LogP) is 2.13. The van der Waals surface area contributed by atoms with Crippen molar-refractivity contribution in [2.24, 2.45) is 0 Å². The van der Waals surface area contributed by atoms with E-state index in [1.165, 1.54) is 12.3 Å². The van der Waals surface area contributed by atoms with Gasteiger partial charge in [-0.25, -0.2) is 13.4 Å². The van der Waals surface area contributed by atoms with Crippen LogP contribution in [-0.2, 0) is 16.4 Å². The van der Waals surface area contributed by atoms with E-state index in [-0.39, 0.29) is 16.6 Å². The minimum absolute atomic E-state index is 0.0612. The van der Waals surface area contributed by atoms with Crippen molar-refractivity contribution in [1.82, 2.24) is 20.2 Å². The molecule has 2 N–H and O–H groups in total. The molecule has 9 heteroatoms. The number of aromatic nitrogens is 4. The topological polar surface area (TPSA) is 114 Å². The summed E-state index contributed by atoms with van der Waals surface area (Å²) < 4.78 is 32.5. The molecule has 0 unspecified atom stereocenters. The van der Waals surface area contributed by atoms with Gasteiger partial charge >= 0.3 is 0 Å². The van der Waals surface area contributed by atoms with Crippen LogP contribution < -0.4 is 4.72 Å². The maximum atomic E-state index is 12.4. The monoisotopic (exact) mass is 333 g/mol. The summed E-state index contributed by atoms with van der Waals surface area (Å²) in [7, 11) is -3.75. The molecule has 0 fully saturated rings. The molecule has 0 amide bonds. The molecule has 0 aromatic carbocycles. The van der Waals surface area contributed by atoms with E-state index in [1.54, 1.807) is 18.3 Å². The third-order valence-corrected chi connectivity index (χ3v) is 4.45. The molecule has 3 aromatic heterocycles. The molecule has 3 aromatic rings. The van der Waals surface area contributed by atoms with Crippen LogP contribution in [0.3, 0.4) is 0 Å². The zero-order valence-corrected chi connectivity index (χ0v) is 13.4. The number of sulfonamides is 1. The van der Waals surface area contributed by atoms with E-state index in [2.05, 4.69) is 24.9 Å². The van der Waals surface area contributed by atoms with Gasteiger partial charge in [-0.05, 0) is 24.6 Å². The Morgan fingerprint density at radius 1 is 1.30 bits per heavy atom. The van der Waals surface area contributed by atoms with Gasteiger partial charge in [0.15, 0.2) is 0 Å². The van der Waals surface area contributed by atoms with Crippen molar-refractivity contribution in [3.05, 3.63) is 42.0 Å². The minimum atomic E-state index is -3.75. The van der Waals surface area contributed by atoms with Crippen LogP contribution in [0.2, 0.25) is 0 Å². The number of pyridine rings is 1. The normalized spacial score (nSPS) is 11.6. The lowest BCUT2D eigenvalue weighted by atomic mass is 10.3. The number of nitrogens with zero attached hydrogens (tertiary/aromatic N) is 3. The van der Waals surface area contributed by atoms with Gasteiger partial charge in [-0.15, -0.1) is 10.2 Å². The number of aryl methyl sites for hydroxylation is 2. The highest BCUT2D eigenvalue weighted by atomic mass is 32.2. The number of aromatic amines is 1. The van der Waals surface area contributed by atoms with Crippen LogP contribution in [0.5, 0.6) is 0 Å². The lowest BCUT2D eigenvalue weighted by Gasteiger charge is -2.05. The van der Waals surface area contributed by atoms with Crippen molar-refractivity contribution >= 4 is 15.8 Å². The fourth-order valence-electron chi connectivity index (χ4n) is 1.88. The molecule has 0 saturated carbocycles. The summed E-state index contributed by atoms with van der Waals surface area (Å²) in [6, 6.07) is 4.81. The van der Waals surface area contributed by atoms with Crippen LogP contribution in [0, 0.1) is 6.92 Å². The van der Waals surface area contributed by atoms with Gasteiger partial charge in [0.2, 0.25) is 5.89 Å². The summed E-state index contributed by atoms with van der Waals surface area (Å²) in [6.45, 7) is 3.76. The Morgan fingerprint density at radius 2 is 2.13 bits per heavy atom. The first-order valence-electron chi connectivity index (χ1n) is 6.94. The zero-order chi connectivity index (χ0) is 16.4. The summed E-state index contributed by atoms with van der Waals surface area (Å²) in [5.41, 5.74) is 1.38. The molecule has 0 saturated heterocycles. The average Bonchev–Trinajstić information content (AvgIpc) is 3.18. The Kier molecular flexibility index (Phi) is 3.87. The summed E-state index contributed by atoms with van der Waals surface area (Å²) in [5.74, 6) is 0.988. The quantitative estimate of drug-likeness (QED) is 0.739. The molecule has 0 bridgehead atoms. The second kappa shape index (κ2) is 5.84. The largest absolute Gasteiger partial charge is 0.419 e. The summed E-state index contributed by atoms with van der Waals surface area (Å²) in [4.78, 5) is 6.91. The van der Waals surface area contributed by atoms with Crippen molar-refractivity contribution in [2.45, 2.75) is 25.2 Å². The second-order valence-corrected chi connectivity index (χ2v) is 6.61. The average molecular weight is 333 g/mol. The van der Waals surface area contributed by atoms with E-state index in [4.69, 9.17) is 4.42 Å². The zero-order valence-electron chi connectivity index (χ0n) is 12.6. The van der Waals surface area contributed by atoms with Gasteiger partial charge in [0, 0.05) is 18.8 Å². The molecule has 3 heterocycles. The number of hydrogen-bond donors (Lipinski definition) is 2. The van der Waals surface area contributed by atoms with Gasteiger partial charge in [-0.2, -0.15) is 0 Å². The highest BCUT2D eigenvalue weighted by Crippen LogP contribution is 2.22. The first-order valence-corrected chi connectivity index (χ1v) is 8.43. The van der Waals surface area contributed by atoms with E-state index in [0.717, 1.165) is 5.56 Å². The maximum Gasteiger partial charge on any atom is 0.264 e. The van der Waals surface area contributed by atoms with E-state index >= 15 is 0 Å². The fourth-order valence-corrected chi connectivity index (χ4v) is 2.88. The predicted molar refractivity (Wildman–Crippen MR) is 83.2 cm³/mol. The Labute approximate surface area is 133 Å². The molecule has 0 spiro atoms. The van der Waals surface area contributed by atoms with Crippen LogP contribution in [0.1, 0.15) is 18.4 Å². The van der Waals surface area contributed by atoms with E-state index in [0.29, 0.717) is 18.0 Å². The number of hydrogen-bond acceptors (Lipinski definition) is 6. The molecular weight excluding hydrogens is 318 g/mol. The Balaban J connectivity index is 1.84. The van der Waals surface area contributed by atoms with Crippen molar-refractivity contribution in [3.8, 4) is 11.6 Å². The van der Waals surface area contributed by atoms with Gasteiger partial charge in [-0.3, -0.25) is 4.72 Å². The van der Waals surface area contributed by atoms with Crippen molar-refractivity contribution in [2.75, 3.05) is 4.72 Å². The lowest BCUT2D eigenvalue weighted by Crippen LogP contribution is -2.13. The van der Waals surface area contributed by atoms with Crippen molar-refractivity contribution < 1.29 is 12.8 Å². The molecular formula is C14H15N5O3S. The first-order chi connectivity index (χ1) is 11.0. The number of anilines is 1. The first kappa shape index (κ1) is 15.2. The third kappa shape index (κ3) is 3.24. The number of H-pyrrole nitrogens is 1. The smallest absolute Gasteiger partial charge is 0.264 e. The van der Waals surface area contributed by atoms with Crippen LogP contribution in [-0.4, -0.2) is 28.6 Å². The molecule has 0 atom stereocenters. The summed E-state index contributed by atoms with van der Waals surface area (Å²) >= 11 is 0. The Hall–Kier alpha value is -2.68. The Bertz CT molecular complexity index is 912. The molecule has 120 valence electrons. The van der Waals surface area contributed by atoms with Crippen LogP contribution in [0.25, 0.3) is 11.6 Å². The van der Waals surface area contributed by atoms with Crippen LogP contribution in [0.4, 0.5) is 5.82 Å². The van der Waals surface area contributed by atoms with E-state index in [9.17, 15) is 8.42 Å². The molecule has 0 radical (unpaired) electrons. The highest BCUT2D eigenvalue weighted by molar-refractivity contribution is 7.92. The number of nitrogens with one attached hydrogen (secondary N) is 2. The Morgan fingerprint density at radius 3 is 2.78 bits per heavy atom. The molecule has 8 nitrogen and oxygen atoms in total. The van der Waals surface area contributed by atoms with E-state index in [1.807, 2.05) is 13.8 Å². The van der Waals surface area contributed by atoms with Gasteiger partial charge in [0.25, 0.3) is 15.9 Å². The van der Waals surface area contributed by atoms with E-state index < -0.39 is 10.0 Å². The lowest BCUT2D eigenvalue weighted by molar-refractivity contribution is 0.511. The highest BCUT2D eigenvalue weighted by Gasteiger charge is 2.19.